The highest BCUT2D eigenvalue weighted by Crippen LogP contribution is 2.03. The molecular weight excluding hydrogens is 256 g/mol. The zero-order valence-corrected chi connectivity index (χ0v) is 12.0. The van der Waals surface area contributed by atoms with Gasteiger partial charge in [-0.05, 0) is 25.5 Å². The first-order valence-corrected chi connectivity index (χ1v) is 6.82. The van der Waals surface area contributed by atoms with Gasteiger partial charge in [0.05, 0.1) is 12.6 Å². The summed E-state index contributed by atoms with van der Waals surface area (Å²) in [4.78, 5) is 23.3. The van der Waals surface area contributed by atoms with E-state index >= 15 is 0 Å². The van der Waals surface area contributed by atoms with E-state index in [0.29, 0.717) is 12.0 Å². The first-order valence-electron chi connectivity index (χ1n) is 6.82. The second-order valence-electron chi connectivity index (χ2n) is 4.80. The van der Waals surface area contributed by atoms with E-state index in [9.17, 15) is 14.7 Å². The van der Waals surface area contributed by atoms with E-state index < -0.39 is 6.10 Å². The van der Waals surface area contributed by atoms with E-state index in [4.69, 9.17) is 0 Å². The minimum absolute atomic E-state index is 0.0916. The van der Waals surface area contributed by atoms with Crippen LogP contribution in [0.3, 0.4) is 0 Å². The van der Waals surface area contributed by atoms with Gasteiger partial charge >= 0.3 is 0 Å². The number of carbonyl (C=O) groups is 2. The zero-order chi connectivity index (χ0) is 15.0. The van der Waals surface area contributed by atoms with Crippen molar-refractivity contribution < 1.29 is 14.7 Å². The number of benzene rings is 1. The van der Waals surface area contributed by atoms with Crippen molar-refractivity contribution in [2.45, 2.75) is 32.8 Å². The molecule has 1 rings (SSSR count). The molecule has 0 aliphatic heterocycles. The molecule has 0 fully saturated rings. The maximum atomic E-state index is 11.8. The molecule has 2 amide bonds. The van der Waals surface area contributed by atoms with E-state index in [2.05, 4.69) is 10.6 Å². The van der Waals surface area contributed by atoms with Crippen molar-refractivity contribution in [3.8, 4) is 0 Å². The molecule has 0 aliphatic carbocycles. The van der Waals surface area contributed by atoms with Crippen LogP contribution in [0.2, 0.25) is 0 Å². The largest absolute Gasteiger partial charge is 0.391 e. The lowest BCUT2D eigenvalue weighted by molar-refractivity contribution is -0.120. The second-order valence-corrected chi connectivity index (χ2v) is 4.80. The number of nitrogens with one attached hydrogen (secondary N) is 2. The average molecular weight is 278 g/mol. The van der Waals surface area contributed by atoms with Crippen LogP contribution >= 0.6 is 0 Å². The van der Waals surface area contributed by atoms with Crippen molar-refractivity contribution in [1.29, 1.82) is 0 Å². The van der Waals surface area contributed by atoms with Gasteiger partial charge in [0, 0.05) is 12.1 Å². The zero-order valence-electron chi connectivity index (χ0n) is 12.0. The number of aliphatic hydroxyl groups is 1. The van der Waals surface area contributed by atoms with Gasteiger partial charge in [0.25, 0.3) is 5.91 Å². The van der Waals surface area contributed by atoms with Gasteiger partial charge in [-0.3, -0.25) is 9.59 Å². The molecule has 0 aliphatic rings. The first kappa shape index (κ1) is 16.2. The molecule has 1 aromatic rings. The molecule has 0 aromatic heterocycles. The Morgan fingerprint density at radius 3 is 2.70 bits per heavy atom. The predicted octanol–water partition coefficient (Wildman–Crippen LogP) is 1.00. The molecule has 20 heavy (non-hydrogen) atoms. The second kappa shape index (κ2) is 8.32. The number of carbonyl (C=O) groups excluding carboxylic acids is 2. The van der Waals surface area contributed by atoms with Gasteiger partial charge in [0.2, 0.25) is 5.91 Å². The predicted molar refractivity (Wildman–Crippen MR) is 77.4 cm³/mol. The van der Waals surface area contributed by atoms with Crippen LogP contribution in [0.4, 0.5) is 0 Å². The molecule has 1 unspecified atom stereocenters. The molecule has 5 heteroatoms. The van der Waals surface area contributed by atoms with E-state index in [1.165, 1.54) is 0 Å². The quantitative estimate of drug-likeness (QED) is 0.696. The lowest BCUT2D eigenvalue weighted by Crippen LogP contribution is -2.40. The number of hydrogen-bond acceptors (Lipinski definition) is 3. The smallest absolute Gasteiger partial charge is 0.251 e. The standard InChI is InChI=1S/C15H22N2O3/c1-3-5-13(18)9-16-14(19)10-17-15(20)12-7-4-6-11(2)8-12/h4,6-8,13,18H,3,5,9-10H2,1-2H3,(H,16,19)(H,17,20). The Hall–Kier alpha value is -1.88. The normalized spacial score (nSPS) is 11.8. The molecular formula is C15H22N2O3. The van der Waals surface area contributed by atoms with E-state index in [0.717, 1.165) is 12.0 Å². The summed E-state index contributed by atoms with van der Waals surface area (Å²) in [5.74, 6) is -0.584. The molecule has 0 saturated carbocycles. The van der Waals surface area contributed by atoms with Crippen molar-refractivity contribution in [3.63, 3.8) is 0 Å². The van der Waals surface area contributed by atoms with E-state index in [1.54, 1.807) is 18.2 Å². The van der Waals surface area contributed by atoms with Crippen LogP contribution < -0.4 is 10.6 Å². The van der Waals surface area contributed by atoms with Crippen molar-refractivity contribution in [2.75, 3.05) is 13.1 Å². The molecule has 0 spiro atoms. The molecule has 0 heterocycles. The summed E-state index contributed by atoms with van der Waals surface area (Å²) < 4.78 is 0. The van der Waals surface area contributed by atoms with Gasteiger partial charge in [0.1, 0.15) is 0 Å². The Bertz CT molecular complexity index is 460. The van der Waals surface area contributed by atoms with Crippen molar-refractivity contribution >= 4 is 11.8 Å². The minimum Gasteiger partial charge on any atom is -0.391 e. The van der Waals surface area contributed by atoms with Crippen molar-refractivity contribution in [1.82, 2.24) is 10.6 Å². The number of aryl methyl sites for hydroxylation is 1. The van der Waals surface area contributed by atoms with Crippen LogP contribution in [0, 0.1) is 6.92 Å². The fraction of sp³-hybridized carbons (Fsp3) is 0.467. The van der Waals surface area contributed by atoms with Crippen LogP contribution in [0.1, 0.15) is 35.7 Å². The summed E-state index contributed by atoms with van der Waals surface area (Å²) in [7, 11) is 0. The van der Waals surface area contributed by atoms with Crippen LogP contribution in [0.15, 0.2) is 24.3 Å². The van der Waals surface area contributed by atoms with Gasteiger partial charge in [-0.15, -0.1) is 0 Å². The van der Waals surface area contributed by atoms with Crippen LogP contribution in [-0.4, -0.2) is 36.1 Å². The highest BCUT2D eigenvalue weighted by molar-refractivity contribution is 5.96. The van der Waals surface area contributed by atoms with Gasteiger partial charge in [-0.1, -0.05) is 31.0 Å². The van der Waals surface area contributed by atoms with Gasteiger partial charge in [0.15, 0.2) is 0 Å². The average Bonchev–Trinajstić information content (AvgIpc) is 2.43. The van der Waals surface area contributed by atoms with Gasteiger partial charge < -0.3 is 15.7 Å². The van der Waals surface area contributed by atoms with Crippen LogP contribution in [0.5, 0.6) is 0 Å². The number of hydrogen-bond donors (Lipinski definition) is 3. The third kappa shape index (κ3) is 5.84. The van der Waals surface area contributed by atoms with Gasteiger partial charge in [-0.25, -0.2) is 0 Å². The molecule has 0 bridgehead atoms. The summed E-state index contributed by atoms with van der Waals surface area (Å²) in [5, 5.41) is 14.6. The Morgan fingerprint density at radius 2 is 2.05 bits per heavy atom. The summed E-state index contributed by atoms with van der Waals surface area (Å²) in [6, 6.07) is 7.16. The maximum Gasteiger partial charge on any atom is 0.251 e. The van der Waals surface area contributed by atoms with Crippen molar-refractivity contribution in [3.05, 3.63) is 35.4 Å². The molecule has 0 saturated heterocycles. The summed E-state index contributed by atoms with van der Waals surface area (Å²) in [5.41, 5.74) is 1.52. The Labute approximate surface area is 119 Å². The third-order valence-corrected chi connectivity index (χ3v) is 2.85. The Morgan fingerprint density at radius 1 is 1.30 bits per heavy atom. The Balaban J connectivity index is 2.32. The van der Waals surface area contributed by atoms with Crippen LogP contribution in [0.25, 0.3) is 0 Å². The fourth-order valence-corrected chi connectivity index (χ4v) is 1.78. The third-order valence-electron chi connectivity index (χ3n) is 2.85. The number of amides is 2. The number of rotatable bonds is 7. The molecule has 0 radical (unpaired) electrons. The number of aliphatic hydroxyl groups excluding tert-OH is 1. The molecule has 5 nitrogen and oxygen atoms in total. The minimum atomic E-state index is -0.531. The fourth-order valence-electron chi connectivity index (χ4n) is 1.78. The van der Waals surface area contributed by atoms with Crippen molar-refractivity contribution in [2.24, 2.45) is 0 Å². The highest BCUT2D eigenvalue weighted by atomic mass is 16.3. The van der Waals surface area contributed by atoms with E-state index in [-0.39, 0.29) is 24.9 Å². The first-order chi connectivity index (χ1) is 9.52. The molecule has 1 atom stereocenters. The SMILES string of the molecule is CCCC(O)CNC(=O)CNC(=O)c1cccc(C)c1. The van der Waals surface area contributed by atoms with Crippen LogP contribution in [-0.2, 0) is 4.79 Å². The van der Waals surface area contributed by atoms with Gasteiger partial charge in [-0.2, -0.15) is 0 Å². The highest BCUT2D eigenvalue weighted by Gasteiger charge is 2.09. The summed E-state index contributed by atoms with van der Waals surface area (Å²) >= 11 is 0. The summed E-state index contributed by atoms with van der Waals surface area (Å²) in [6.07, 6.45) is 0.980. The maximum absolute atomic E-state index is 11.8. The monoisotopic (exact) mass is 278 g/mol. The molecule has 3 N–H and O–H groups in total. The lowest BCUT2D eigenvalue weighted by atomic mass is 10.1. The summed E-state index contributed by atoms with van der Waals surface area (Å²) in [6.45, 7) is 3.99. The van der Waals surface area contributed by atoms with E-state index in [1.807, 2.05) is 19.9 Å². The molecule has 1 aromatic carbocycles. The lowest BCUT2D eigenvalue weighted by Gasteiger charge is -2.11. The Kier molecular flexibility index (Phi) is 6.73. The molecule has 110 valence electrons. The topological polar surface area (TPSA) is 78.4 Å².